The van der Waals surface area contributed by atoms with E-state index in [4.69, 9.17) is 15.2 Å². The van der Waals surface area contributed by atoms with Crippen molar-refractivity contribution in [3.8, 4) is 23.0 Å². The van der Waals surface area contributed by atoms with Crippen LogP contribution in [0.5, 0.6) is 11.9 Å². The first kappa shape index (κ1) is 25.7. The van der Waals surface area contributed by atoms with Gasteiger partial charge in [-0.2, -0.15) is 9.97 Å². The Morgan fingerprint density at radius 2 is 2.00 bits per heavy atom. The van der Waals surface area contributed by atoms with E-state index in [9.17, 15) is 8.78 Å². The first-order valence-corrected chi connectivity index (χ1v) is 14.4. The van der Waals surface area contributed by atoms with E-state index in [0.29, 0.717) is 23.9 Å². The van der Waals surface area contributed by atoms with Gasteiger partial charge >= 0.3 is 6.01 Å². The van der Waals surface area contributed by atoms with E-state index in [1.165, 1.54) is 12.1 Å². The molecule has 8 nitrogen and oxygen atoms in total. The molecule has 3 unspecified atom stereocenters. The Kier molecular flexibility index (Phi) is 6.24. The normalized spacial score (nSPS) is 26.6. The highest BCUT2D eigenvalue weighted by molar-refractivity contribution is 7.22. The SMILES string of the molecule is CC1NCCC1Oc1nc(OC[C@@]23CCCN2CC(F)C3)nc2c(F)c(-c3ccc(F)c4sc(N)nc34)ccc12. The largest absolute Gasteiger partial charge is 0.472 e. The number of anilines is 1. The highest BCUT2D eigenvalue weighted by Crippen LogP contribution is 2.42. The maximum absolute atomic E-state index is 16.3. The summed E-state index contributed by atoms with van der Waals surface area (Å²) in [6, 6.07) is 6.14. The number of ether oxygens (including phenoxy) is 2. The second kappa shape index (κ2) is 9.71. The molecule has 3 aliphatic rings. The number of nitrogen functional groups attached to an aromatic ring is 1. The number of alkyl halides is 1. The molecule has 0 amide bonds. The van der Waals surface area contributed by atoms with Gasteiger partial charge in [-0.15, -0.1) is 0 Å². The van der Waals surface area contributed by atoms with Crippen molar-refractivity contribution in [1.82, 2.24) is 25.2 Å². The topological polar surface area (TPSA) is 98.4 Å². The third-order valence-electron chi connectivity index (χ3n) is 8.50. The van der Waals surface area contributed by atoms with Gasteiger partial charge in [-0.25, -0.2) is 18.2 Å². The zero-order valence-corrected chi connectivity index (χ0v) is 22.7. The van der Waals surface area contributed by atoms with Crippen LogP contribution in [0.25, 0.3) is 32.2 Å². The van der Waals surface area contributed by atoms with Crippen molar-refractivity contribution in [2.45, 2.75) is 56.5 Å². The lowest BCUT2D eigenvalue weighted by Gasteiger charge is -2.30. The molecule has 2 aromatic carbocycles. The molecule has 2 aromatic heterocycles. The molecular weight excluding hydrogens is 541 g/mol. The lowest BCUT2D eigenvalue weighted by molar-refractivity contribution is 0.106. The second-order valence-electron chi connectivity index (χ2n) is 11.0. The Labute approximate surface area is 232 Å². The number of thiazole rings is 1. The van der Waals surface area contributed by atoms with Gasteiger partial charge in [0.2, 0.25) is 5.88 Å². The number of hydrogen-bond donors (Lipinski definition) is 2. The zero-order valence-electron chi connectivity index (χ0n) is 21.9. The minimum atomic E-state index is -0.899. The summed E-state index contributed by atoms with van der Waals surface area (Å²) in [6.45, 7) is 4.26. The van der Waals surface area contributed by atoms with Gasteiger partial charge in [0.05, 0.1) is 21.1 Å². The van der Waals surface area contributed by atoms with Crippen LogP contribution >= 0.6 is 11.3 Å². The van der Waals surface area contributed by atoms with E-state index < -0.39 is 23.3 Å². The van der Waals surface area contributed by atoms with Crippen molar-refractivity contribution in [2.24, 2.45) is 0 Å². The zero-order chi connectivity index (χ0) is 27.6. The van der Waals surface area contributed by atoms with Crippen LogP contribution in [0.4, 0.5) is 18.3 Å². The second-order valence-corrected chi connectivity index (χ2v) is 12.0. The summed E-state index contributed by atoms with van der Waals surface area (Å²) in [7, 11) is 0. The Bertz CT molecular complexity index is 1620. The Balaban J connectivity index is 1.32. The molecule has 210 valence electrons. The van der Waals surface area contributed by atoms with Crippen LogP contribution in [0.15, 0.2) is 24.3 Å². The lowest BCUT2D eigenvalue weighted by Crippen LogP contribution is -2.43. The monoisotopic (exact) mass is 570 g/mol. The smallest absolute Gasteiger partial charge is 0.320 e. The molecular formula is C28H29F3N6O2S. The van der Waals surface area contributed by atoms with Crippen LogP contribution in [-0.4, -0.2) is 69.9 Å². The van der Waals surface area contributed by atoms with Crippen LogP contribution in [-0.2, 0) is 0 Å². The quantitative estimate of drug-likeness (QED) is 0.340. The van der Waals surface area contributed by atoms with Crippen LogP contribution in [0.3, 0.4) is 0 Å². The van der Waals surface area contributed by atoms with Crippen molar-refractivity contribution in [3.63, 3.8) is 0 Å². The molecule has 0 saturated carbocycles. The third-order valence-corrected chi connectivity index (χ3v) is 9.39. The summed E-state index contributed by atoms with van der Waals surface area (Å²) >= 11 is 1.01. The summed E-state index contributed by atoms with van der Waals surface area (Å²) in [5.74, 6) is -0.870. The van der Waals surface area contributed by atoms with Gasteiger partial charge in [0.15, 0.2) is 10.9 Å². The Hall–Kier alpha value is -3.22. The van der Waals surface area contributed by atoms with E-state index in [1.807, 2.05) is 6.92 Å². The first-order valence-electron chi connectivity index (χ1n) is 13.6. The number of aromatic nitrogens is 3. The summed E-state index contributed by atoms with van der Waals surface area (Å²) in [4.78, 5) is 15.4. The highest BCUT2D eigenvalue weighted by atomic mass is 32.1. The number of halogens is 3. The average molecular weight is 571 g/mol. The molecule has 0 bridgehead atoms. The third kappa shape index (κ3) is 4.24. The van der Waals surface area contributed by atoms with E-state index in [-0.39, 0.29) is 57.1 Å². The number of benzene rings is 2. The van der Waals surface area contributed by atoms with E-state index in [2.05, 4.69) is 25.2 Å². The molecule has 0 aliphatic carbocycles. The predicted molar refractivity (Wildman–Crippen MR) is 148 cm³/mol. The van der Waals surface area contributed by atoms with Crippen molar-refractivity contribution in [3.05, 3.63) is 35.9 Å². The Morgan fingerprint density at radius 3 is 2.83 bits per heavy atom. The van der Waals surface area contributed by atoms with Gasteiger partial charge in [-0.1, -0.05) is 17.4 Å². The van der Waals surface area contributed by atoms with Gasteiger partial charge in [-0.05, 0) is 57.5 Å². The minimum absolute atomic E-state index is 0.0207. The van der Waals surface area contributed by atoms with Crippen molar-refractivity contribution >= 4 is 37.6 Å². The fourth-order valence-electron chi connectivity index (χ4n) is 6.47. The molecule has 3 aliphatic heterocycles. The summed E-state index contributed by atoms with van der Waals surface area (Å²) in [5.41, 5.74) is 6.36. The number of hydrogen-bond acceptors (Lipinski definition) is 9. The maximum atomic E-state index is 16.3. The molecule has 0 radical (unpaired) electrons. The molecule has 7 rings (SSSR count). The molecule has 3 saturated heterocycles. The van der Waals surface area contributed by atoms with Gasteiger partial charge in [-0.3, -0.25) is 4.90 Å². The molecule has 0 spiro atoms. The van der Waals surface area contributed by atoms with Crippen LogP contribution in [0, 0.1) is 11.6 Å². The van der Waals surface area contributed by atoms with Crippen molar-refractivity contribution < 1.29 is 22.6 Å². The standard InChI is InChI=1S/C28H29F3N6O2S/c1-14-20(7-9-33-14)39-25-18-4-3-16(17-5-6-19(30)24-23(17)34-26(32)40-24)21(31)22(18)35-27(36-25)38-13-28-8-2-10-37(28)12-15(29)11-28/h3-6,14-15,20,33H,2,7-13H2,1H3,(H2,32,34)/t14?,15?,20?,28-/m0/s1. The van der Waals surface area contributed by atoms with Crippen LogP contribution in [0.2, 0.25) is 0 Å². The predicted octanol–water partition coefficient (Wildman–Crippen LogP) is 4.85. The molecule has 3 N–H and O–H groups in total. The highest BCUT2D eigenvalue weighted by Gasteiger charge is 2.49. The number of nitrogens with one attached hydrogen (secondary N) is 1. The van der Waals surface area contributed by atoms with E-state index >= 15 is 4.39 Å². The Morgan fingerprint density at radius 1 is 1.15 bits per heavy atom. The number of nitrogens with zero attached hydrogens (tertiary/aromatic N) is 4. The summed E-state index contributed by atoms with van der Waals surface area (Å²) in [6.07, 6.45) is 1.91. The summed E-state index contributed by atoms with van der Waals surface area (Å²) < 4.78 is 57.7. The van der Waals surface area contributed by atoms with E-state index in [0.717, 1.165) is 43.7 Å². The number of nitrogens with two attached hydrogens (primary N) is 1. The molecule has 4 aromatic rings. The van der Waals surface area contributed by atoms with E-state index in [1.54, 1.807) is 12.1 Å². The van der Waals surface area contributed by atoms with Gasteiger partial charge in [0, 0.05) is 30.1 Å². The van der Waals surface area contributed by atoms with Gasteiger partial charge < -0.3 is 20.5 Å². The molecule has 5 heterocycles. The van der Waals surface area contributed by atoms with Crippen molar-refractivity contribution in [2.75, 3.05) is 32.0 Å². The number of rotatable bonds is 6. The van der Waals surface area contributed by atoms with Crippen LogP contribution < -0.4 is 20.5 Å². The fraction of sp³-hybridized carbons (Fsp3) is 0.464. The van der Waals surface area contributed by atoms with Gasteiger partial charge in [0.1, 0.15) is 30.2 Å². The van der Waals surface area contributed by atoms with Gasteiger partial charge in [0.25, 0.3) is 0 Å². The number of fused-ring (bicyclic) bond motifs is 3. The maximum Gasteiger partial charge on any atom is 0.320 e. The summed E-state index contributed by atoms with van der Waals surface area (Å²) in [5, 5.41) is 3.94. The average Bonchev–Trinajstić information content (AvgIpc) is 3.68. The molecule has 3 fully saturated rings. The molecule has 12 heteroatoms. The lowest BCUT2D eigenvalue weighted by atomic mass is 9.95. The first-order chi connectivity index (χ1) is 19.3. The minimum Gasteiger partial charge on any atom is -0.472 e. The fourth-order valence-corrected chi connectivity index (χ4v) is 7.24. The van der Waals surface area contributed by atoms with Crippen LogP contribution in [0.1, 0.15) is 32.6 Å². The van der Waals surface area contributed by atoms with Crippen molar-refractivity contribution in [1.29, 1.82) is 0 Å². The molecule has 4 atom stereocenters. The molecule has 40 heavy (non-hydrogen) atoms.